The van der Waals surface area contributed by atoms with Crippen molar-refractivity contribution in [2.75, 3.05) is 25.5 Å². The van der Waals surface area contributed by atoms with Crippen LogP contribution in [0.15, 0.2) is 12.1 Å². The molecule has 20 heavy (non-hydrogen) atoms. The molecule has 1 aliphatic carbocycles. The van der Waals surface area contributed by atoms with Gasteiger partial charge in [0.15, 0.2) is 0 Å². The standard InChI is InChI=1S/C15H21FN2O2/c1-10-7-12(17)8-13(14(10)16)15(19)18-5-2-6-20-9-11-3-4-11/h7-8,11H,2-6,9,17H2,1H3,(H,18,19). The van der Waals surface area contributed by atoms with Crippen LogP contribution in [0.25, 0.3) is 0 Å². The molecule has 2 rings (SSSR count). The van der Waals surface area contributed by atoms with Crippen LogP contribution in [0.2, 0.25) is 0 Å². The molecule has 4 nitrogen and oxygen atoms in total. The van der Waals surface area contributed by atoms with E-state index in [1.54, 1.807) is 6.92 Å². The summed E-state index contributed by atoms with van der Waals surface area (Å²) in [6, 6.07) is 2.87. The summed E-state index contributed by atoms with van der Waals surface area (Å²) in [5, 5.41) is 2.68. The fourth-order valence-corrected chi connectivity index (χ4v) is 1.97. The summed E-state index contributed by atoms with van der Waals surface area (Å²) in [6.07, 6.45) is 3.26. The molecule has 1 aromatic carbocycles. The lowest BCUT2D eigenvalue weighted by molar-refractivity contribution is 0.0933. The van der Waals surface area contributed by atoms with Crippen molar-refractivity contribution in [1.82, 2.24) is 5.32 Å². The summed E-state index contributed by atoms with van der Waals surface area (Å²) in [4.78, 5) is 11.9. The van der Waals surface area contributed by atoms with E-state index in [2.05, 4.69) is 5.32 Å². The largest absolute Gasteiger partial charge is 0.399 e. The average Bonchev–Trinajstić information content (AvgIpc) is 3.21. The first kappa shape index (κ1) is 14.8. The van der Waals surface area contributed by atoms with Crippen molar-refractivity contribution in [2.24, 2.45) is 5.92 Å². The van der Waals surface area contributed by atoms with Crippen LogP contribution in [-0.2, 0) is 4.74 Å². The van der Waals surface area contributed by atoms with Crippen LogP contribution in [0.5, 0.6) is 0 Å². The molecule has 0 heterocycles. The molecule has 0 bridgehead atoms. The molecule has 110 valence electrons. The Kier molecular flexibility index (Phi) is 4.95. The van der Waals surface area contributed by atoms with Gasteiger partial charge in [-0.25, -0.2) is 4.39 Å². The number of halogens is 1. The number of nitrogen functional groups attached to an aromatic ring is 1. The molecule has 1 aromatic rings. The zero-order chi connectivity index (χ0) is 14.5. The maximum absolute atomic E-state index is 13.8. The summed E-state index contributed by atoms with van der Waals surface area (Å²) >= 11 is 0. The number of rotatable bonds is 7. The molecule has 0 aromatic heterocycles. The number of hydrogen-bond acceptors (Lipinski definition) is 3. The van der Waals surface area contributed by atoms with Gasteiger partial charge in [-0.15, -0.1) is 0 Å². The van der Waals surface area contributed by atoms with Crippen LogP contribution in [0.4, 0.5) is 10.1 Å². The highest BCUT2D eigenvalue weighted by molar-refractivity contribution is 5.95. The second kappa shape index (κ2) is 6.70. The van der Waals surface area contributed by atoms with E-state index in [1.807, 2.05) is 0 Å². The second-order valence-corrected chi connectivity index (χ2v) is 5.33. The third-order valence-corrected chi connectivity index (χ3v) is 3.32. The smallest absolute Gasteiger partial charge is 0.254 e. The SMILES string of the molecule is Cc1cc(N)cc(C(=O)NCCCOCC2CC2)c1F. The Labute approximate surface area is 118 Å². The molecular formula is C15H21FN2O2. The summed E-state index contributed by atoms with van der Waals surface area (Å²) in [5.74, 6) is -0.198. The number of amides is 1. The Balaban J connectivity index is 1.73. The first-order chi connectivity index (χ1) is 9.58. The van der Waals surface area contributed by atoms with Crippen LogP contribution in [0.3, 0.4) is 0 Å². The second-order valence-electron chi connectivity index (χ2n) is 5.33. The summed E-state index contributed by atoms with van der Waals surface area (Å²) < 4.78 is 19.3. The van der Waals surface area contributed by atoms with E-state index in [-0.39, 0.29) is 5.56 Å². The van der Waals surface area contributed by atoms with Crippen LogP contribution in [0, 0.1) is 18.7 Å². The maximum atomic E-state index is 13.8. The maximum Gasteiger partial charge on any atom is 0.254 e. The van der Waals surface area contributed by atoms with E-state index in [0.29, 0.717) is 24.4 Å². The van der Waals surface area contributed by atoms with E-state index in [4.69, 9.17) is 10.5 Å². The minimum absolute atomic E-state index is 0.00130. The highest BCUT2D eigenvalue weighted by Crippen LogP contribution is 2.28. The highest BCUT2D eigenvalue weighted by atomic mass is 19.1. The zero-order valence-corrected chi connectivity index (χ0v) is 11.7. The van der Waals surface area contributed by atoms with Crippen molar-refractivity contribution in [2.45, 2.75) is 26.2 Å². The molecule has 1 aliphatic rings. The Morgan fingerprint density at radius 3 is 2.95 bits per heavy atom. The van der Waals surface area contributed by atoms with E-state index in [1.165, 1.54) is 25.0 Å². The van der Waals surface area contributed by atoms with E-state index >= 15 is 0 Å². The van der Waals surface area contributed by atoms with Crippen LogP contribution < -0.4 is 11.1 Å². The van der Waals surface area contributed by atoms with Gasteiger partial charge in [-0.05, 0) is 49.8 Å². The monoisotopic (exact) mass is 280 g/mol. The molecule has 1 fully saturated rings. The van der Waals surface area contributed by atoms with Crippen molar-refractivity contribution in [3.8, 4) is 0 Å². The lowest BCUT2D eigenvalue weighted by Crippen LogP contribution is -2.26. The van der Waals surface area contributed by atoms with E-state index in [0.717, 1.165) is 18.9 Å². The van der Waals surface area contributed by atoms with E-state index in [9.17, 15) is 9.18 Å². The molecule has 1 amide bonds. The first-order valence-corrected chi connectivity index (χ1v) is 6.99. The zero-order valence-electron chi connectivity index (χ0n) is 11.7. The van der Waals surface area contributed by atoms with Gasteiger partial charge in [0.1, 0.15) is 5.82 Å². The highest BCUT2D eigenvalue weighted by Gasteiger charge is 2.20. The van der Waals surface area contributed by atoms with Crippen molar-refractivity contribution in [1.29, 1.82) is 0 Å². The summed E-state index contributed by atoms with van der Waals surface area (Å²) in [6.45, 7) is 3.50. The molecule has 0 saturated heterocycles. The third-order valence-electron chi connectivity index (χ3n) is 3.32. The number of benzene rings is 1. The average molecular weight is 280 g/mol. The normalized spacial score (nSPS) is 14.3. The topological polar surface area (TPSA) is 64.4 Å². The number of aryl methyl sites for hydroxylation is 1. The molecule has 3 N–H and O–H groups in total. The van der Waals surface area contributed by atoms with Gasteiger partial charge < -0.3 is 15.8 Å². The lowest BCUT2D eigenvalue weighted by atomic mass is 10.1. The van der Waals surface area contributed by atoms with Gasteiger partial charge in [0.25, 0.3) is 5.91 Å². The molecule has 0 radical (unpaired) electrons. The minimum Gasteiger partial charge on any atom is -0.399 e. The van der Waals surface area contributed by atoms with Crippen LogP contribution in [-0.4, -0.2) is 25.7 Å². The van der Waals surface area contributed by atoms with Gasteiger partial charge in [0.2, 0.25) is 0 Å². The van der Waals surface area contributed by atoms with Gasteiger partial charge in [-0.3, -0.25) is 4.79 Å². The quantitative estimate of drug-likeness (QED) is 0.595. The molecule has 5 heteroatoms. The predicted octanol–water partition coefficient (Wildman–Crippen LogP) is 2.26. The van der Waals surface area contributed by atoms with Gasteiger partial charge in [0.05, 0.1) is 5.56 Å². The summed E-state index contributed by atoms with van der Waals surface area (Å²) in [7, 11) is 0. The number of nitrogens with one attached hydrogen (secondary N) is 1. The fraction of sp³-hybridized carbons (Fsp3) is 0.533. The van der Waals surface area contributed by atoms with Crippen LogP contribution in [0.1, 0.15) is 35.2 Å². The minimum atomic E-state index is -0.512. The number of ether oxygens (including phenoxy) is 1. The van der Waals surface area contributed by atoms with Gasteiger partial charge in [-0.2, -0.15) is 0 Å². The van der Waals surface area contributed by atoms with Crippen molar-refractivity contribution < 1.29 is 13.9 Å². The molecule has 1 saturated carbocycles. The number of anilines is 1. The molecule has 0 atom stereocenters. The molecule has 0 aliphatic heterocycles. The Morgan fingerprint density at radius 1 is 1.50 bits per heavy atom. The van der Waals surface area contributed by atoms with Crippen LogP contribution >= 0.6 is 0 Å². The van der Waals surface area contributed by atoms with Gasteiger partial charge >= 0.3 is 0 Å². The molecule has 0 unspecified atom stereocenters. The molecule has 0 spiro atoms. The lowest BCUT2D eigenvalue weighted by Gasteiger charge is -2.09. The predicted molar refractivity (Wildman–Crippen MR) is 76.0 cm³/mol. The summed E-state index contributed by atoms with van der Waals surface area (Å²) in [5.41, 5.74) is 6.40. The van der Waals surface area contributed by atoms with Crippen molar-refractivity contribution >= 4 is 11.6 Å². The Morgan fingerprint density at radius 2 is 2.25 bits per heavy atom. The van der Waals surface area contributed by atoms with Crippen molar-refractivity contribution in [3.05, 3.63) is 29.1 Å². The number of hydrogen-bond donors (Lipinski definition) is 2. The Hall–Kier alpha value is -1.62. The first-order valence-electron chi connectivity index (χ1n) is 6.99. The molecular weight excluding hydrogens is 259 g/mol. The number of carbonyl (C=O) groups is 1. The van der Waals surface area contributed by atoms with E-state index < -0.39 is 11.7 Å². The number of carbonyl (C=O) groups excluding carboxylic acids is 1. The Bertz CT molecular complexity index is 487. The van der Waals surface area contributed by atoms with Crippen molar-refractivity contribution in [3.63, 3.8) is 0 Å². The van der Waals surface area contributed by atoms with Gasteiger partial charge in [0, 0.05) is 25.4 Å². The third kappa shape index (κ3) is 4.20. The number of nitrogens with two attached hydrogens (primary N) is 1. The fourth-order valence-electron chi connectivity index (χ4n) is 1.97. The van der Waals surface area contributed by atoms with Gasteiger partial charge in [-0.1, -0.05) is 0 Å².